The highest BCUT2D eigenvalue weighted by Gasteiger charge is 2.11. The zero-order valence-corrected chi connectivity index (χ0v) is 6.50. The smallest absolute Gasteiger partial charge is 0.133 e. The third-order valence-electron chi connectivity index (χ3n) is 1.67. The molecule has 11 heavy (non-hydrogen) atoms. The quantitative estimate of drug-likeness (QED) is 0.533. The summed E-state index contributed by atoms with van der Waals surface area (Å²) in [5, 5.41) is 0. The minimum absolute atomic E-state index is 0.116. The Labute approximate surface area is 67.2 Å². The fourth-order valence-corrected chi connectivity index (χ4v) is 0.947. The Balaban J connectivity index is 2.63. The molecule has 1 heterocycles. The van der Waals surface area contributed by atoms with E-state index in [0.717, 1.165) is 0 Å². The van der Waals surface area contributed by atoms with Gasteiger partial charge in [-0.05, 0) is 0 Å². The van der Waals surface area contributed by atoms with Crippen LogP contribution in [0, 0.1) is 0 Å². The van der Waals surface area contributed by atoms with Crippen molar-refractivity contribution in [3.63, 3.8) is 0 Å². The zero-order valence-electron chi connectivity index (χ0n) is 6.50. The third-order valence-corrected chi connectivity index (χ3v) is 1.67. The molecule has 1 atom stereocenters. The molecule has 2 radical (unpaired) electrons. The number of rotatable bonds is 2. The number of alkyl halides is 1. The van der Waals surface area contributed by atoms with Gasteiger partial charge in [0.15, 0.2) is 0 Å². The number of allylic oxidation sites excluding steroid dienone is 1. The molecule has 0 bridgehead atoms. The first-order valence-electron chi connectivity index (χ1n) is 3.50. The predicted octanol–water partition coefficient (Wildman–Crippen LogP) is 0.769. The summed E-state index contributed by atoms with van der Waals surface area (Å²) in [7, 11) is 7.28. The lowest BCUT2D eigenvalue weighted by molar-refractivity contribution is 0.412. The van der Waals surface area contributed by atoms with E-state index in [-0.39, 0.29) is 6.04 Å². The second-order valence-electron chi connectivity index (χ2n) is 2.50. The van der Waals surface area contributed by atoms with Crippen molar-refractivity contribution in [1.29, 1.82) is 0 Å². The maximum atomic E-state index is 12.0. The summed E-state index contributed by atoms with van der Waals surface area (Å²) in [4.78, 5) is 5.75. The van der Waals surface area contributed by atoms with E-state index in [4.69, 9.17) is 7.85 Å². The van der Waals surface area contributed by atoms with Gasteiger partial charge in [0, 0.05) is 19.5 Å². The second kappa shape index (κ2) is 3.55. The summed E-state index contributed by atoms with van der Waals surface area (Å²) in [6, 6.07) is 0.116. The molecule has 1 unspecified atom stereocenters. The maximum Gasteiger partial charge on any atom is 0.133 e. The molecule has 4 heteroatoms. The van der Waals surface area contributed by atoms with Crippen LogP contribution in [0.3, 0.4) is 0 Å². The Kier molecular flexibility index (Phi) is 2.68. The van der Waals surface area contributed by atoms with Crippen molar-refractivity contribution in [2.45, 2.75) is 12.4 Å². The van der Waals surface area contributed by atoms with E-state index in [9.17, 15) is 4.39 Å². The average Bonchev–Trinajstić information content (AvgIpc) is 2.04. The van der Waals surface area contributed by atoms with Crippen LogP contribution in [0.15, 0.2) is 16.9 Å². The second-order valence-corrected chi connectivity index (χ2v) is 2.50. The fraction of sp³-hybridized carbons (Fsp3) is 0.571. The first-order valence-corrected chi connectivity index (χ1v) is 3.50. The minimum atomic E-state index is -0.516. The van der Waals surface area contributed by atoms with Gasteiger partial charge in [0.2, 0.25) is 0 Å². The molecule has 2 nitrogen and oxygen atoms in total. The molecule has 0 spiro atoms. The molecule has 0 saturated heterocycles. The van der Waals surface area contributed by atoms with Crippen LogP contribution in [0.4, 0.5) is 4.39 Å². The van der Waals surface area contributed by atoms with E-state index in [1.807, 2.05) is 11.9 Å². The summed E-state index contributed by atoms with van der Waals surface area (Å²) in [6.45, 7) is -0.516. The number of hydrogen-bond acceptors (Lipinski definition) is 2. The van der Waals surface area contributed by atoms with Crippen LogP contribution in [0.1, 0.15) is 0 Å². The zero-order chi connectivity index (χ0) is 8.27. The van der Waals surface area contributed by atoms with Crippen molar-refractivity contribution in [3.8, 4) is 0 Å². The van der Waals surface area contributed by atoms with Crippen molar-refractivity contribution in [2.24, 2.45) is 4.99 Å². The van der Waals surface area contributed by atoms with E-state index >= 15 is 0 Å². The summed E-state index contributed by atoms with van der Waals surface area (Å²) < 4.78 is 12.0. The molecular formula is C7H10BFN2. The van der Waals surface area contributed by atoms with E-state index < -0.39 is 6.67 Å². The molecule has 0 fully saturated rings. The lowest BCUT2D eigenvalue weighted by Gasteiger charge is -2.25. The summed E-state index contributed by atoms with van der Waals surface area (Å²) >= 11 is 0. The van der Waals surface area contributed by atoms with Crippen LogP contribution in [0.25, 0.3) is 0 Å². The molecule has 0 aliphatic carbocycles. The van der Waals surface area contributed by atoms with Crippen LogP contribution >= 0.6 is 0 Å². The van der Waals surface area contributed by atoms with Crippen LogP contribution in [-0.4, -0.2) is 38.7 Å². The number of halogens is 1. The molecule has 0 N–H and O–H groups in total. The topological polar surface area (TPSA) is 15.6 Å². The molecule has 1 aliphatic heterocycles. The van der Waals surface area contributed by atoms with Crippen LogP contribution in [0.5, 0.6) is 0 Å². The highest BCUT2D eigenvalue weighted by atomic mass is 19.1. The Hall–Kier alpha value is -0.795. The highest BCUT2D eigenvalue weighted by molar-refractivity contribution is 6.10. The van der Waals surface area contributed by atoms with E-state index in [2.05, 4.69) is 4.99 Å². The molecule has 1 aliphatic rings. The first-order chi connectivity index (χ1) is 5.27. The van der Waals surface area contributed by atoms with Gasteiger partial charge < -0.3 is 4.90 Å². The summed E-state index contributed by atoms with van der Waals surface area (Å²) in [5.74, 6) is 0. The molecule has 0 amide bonds. The minimum Gasteiger partial charge on any atom is -0.372 e. The predicted molar refractivity (Wildman–Crippen MR) is 44.7 cm³/mol. The molecule has 0 aromatic carbocycles. The van der Waals surface area contributed by atoms with Crippen LogP contribution in [-0.2, 0) is 0 Å². The van der Waals surface area contributed by atoms with Gasteiger partial charge in [0.25, 0.3) is 0 Å². The molecule has 0 saturated carbocycles. The Bertz CT molecular complexity index is 191. The molecule has 0 aromatic heterocycles. The SMILES string of the molecule is [B]CC1C=NC(CF)=CN1C. The number of nitrogens with zero attached hydrogens (tertiary/aromatic N) is 2. The van der Waals surface area contributed by atoms with Gasteiger partial charge >= 0.3 is 0 Å². The lowest BCUT2D eigenvalue weighted by atomic mass is 9.97. The molecule has 1 rings (SSSR count). The third kappa shape index (κ3) is 1.82. The van der Waals surface area contributed by atoms with Crippen molar-refractivity contribution >= 4 is 14.1 Å². The number of aliphatic imine (C=N–C) groups is 1. The van der Waals surface area contributed by atoms with Crippen molar-refractivity contribution in [2.75, 3.05) is 13.7 Å². The van der Waals surface area contributed by atoms with Crippen LogP contribution < -0.4 is 0 Å². The van der Waals surface area contributed by atoms with Gasteiger partial charge in [-0.25, -0.2) is 4.39 Å². The van der Waals surface area contributed by atoms with E-state index in [1.165, 1.54) is 0 Å². The highest BCUT2D eigenvalue weighted by Crippen LogP contribution is 2.10. The Morgan fingerprint density at radius 2 is 2.55 bits per heavy atom. The Morgan fingerprint density at radius 3 is 3.00 bits per heavy atom. The standard InChI is InChI=1S/C7H10BFN2/c1-11-5-6(3-9)10-4-7(11)2-8/h4-5,7H,2-3H2,1H3. The first kappa shape index (κ1) is 8.30. The normalized spacial score (nSPS) is 23.6. The summed E-state index contributed by atoms with van der Waals surface area (Å²) in [6.07, 6.45) is 3.86. The van der Waals surface area contributed by atoms with E-state index in [1.54, 1.807) is 12.4 Å². The Morgan fingerprint density at radius 1 is 1.82 bits per heavy atom. The van der Waals surface area contributed by atoms with Gasteiger partial charge in [-0.3, -0.25) is 4.99 Å². The van der Waals surface area contributed by atoms with Gasteiger partial charge in [0.1, 0.15) is 6.67 Å². The van der Waals surface area contributed by atoms with Gasteiger partial charge in [0.05, 0.1) is 19.6 Å². The molecular weight excluding hydrogens is 142 g/mol. The molecule has 0 aromatic rings. The number of hydrogen-bond donors (Lipinski definition) is 0. The lowest BCUT2D eigenvalue weighted by Crippen LogP contribution is -2.30. The summed E-state index contributed by atoms with van der Waals surface area (Å²) in [5.41, 5.74) is 0.456. The molecule has 58 valence electrons. The average molecular weight is 152 g/mol. The van der Waals surface area contributed by atoms with Crippen molar-refractivity contribution in [1.82, 2.24) is 4.90 Å². The maximum absolute atomic E-state index is 12.0. The largest absolute Gasteiger partial charge is 0.372 e. The van der Waals surface area contributed by atoms with Crippen molar-refractivity contribution < 1.29 is 4.39 Å². The van der Waals surface area contributed by atoms with Crippen LogP contribution in [0.2, 0.25) is 6.32 Å². The fourth-order valence-electron chi connectivity index (χ4n) is 0.947. The van der Waals surface area contributed by atoms with Crippen molar-refractivity contribution in [3.05, 3.63) is 11.9 Å². The van der Waals surface area contributed by atoms with Gasteiger partial charge in [-0.1, -0.05) is 6.32 Å². The monoisotopic (exact) mass is 152 g/mol. The van der Waals surface area contributed by atoms with Gasteiger partial charge in [-0.15, -0.1) is 0 Å². The van der Waals surface area contributed by atoms with E-state index in [0.29, 0.717) is 12.0 Å². The van der Waals surface area contributed by atoms with Gasteiger partial charge in [-0.2, -0.15) is 0 Å².